The van der Waals surface area contributed by atoms with Crippen LogP contribution in [-0.4, -0.2) is 46.3 Å². The Hall–Kier alpha value is -3.48. The molecule has 1 fully saturated rings. The van der Waals surface area contributed by atoms with E-state index >= 15 is 4.39 Å². The molecule has 4 N–H and O–H groups in total. The molecule has 0 bridgehead atoms. The Balaban J connectivity index is 1.83. The number of hydrogen-bond acceptors (Lipinski definition) is 8. The van der Waals surface area contributed by atoms with Crippen molar-refractivity contribution >= 4 is 22.4 Å². The number of rotatable bonds is 3. The Labute approximate surface area is 202 Å². The molecule has 0 aliphatic carbocycles. The van der Waals surface area contributed by atoms with E-state index in [4.69, 9.17) is 15.2 Å². The highest BCUT2D eigenvalue weighted by atomic mass is 19.4. The zero-order valence-electron chi connectivity index (χ0n) is 19.6. The van der Waals surface area contributed by atoms with Crippen LogP contribution < -0.4 is 25.8 Å². The summed E-state index contributed by atoms with van der Waals surface area (Å²) >= 11 is 0. The molecule has 4 heterocycles. The number of nitrogens with two attached hydrogens (primary N) is 1. The Morgan fingerprint density at radius 1 is 1.17 bits per heavy atom. The molecule has 1 saturated heterocycles. The monoisotopic (exact) mass is 510 g/mol. The number of pyridine rings is 1. The van der Waals surface area contributed by atoms with Crippen LogP contribution in [0.2, 0.25) is 0 Å². The first-order valence-corrected chi connectivity index (χ1v) is 11.4. The Bertz CT molecular complexity index is 1370. The summed E-state index contributed by atoms with van der Waals surface area (Å²) in [6.07, 6.45) is -4.85. The highest BCUT2D eigenvalue weighted by Crippen LogP contribution is 2.45. The number of nitrogens with one attached hydrogen (secondary N) is 2. The lowest BCUT2D eigenvalue weighted by Crippen LogP contribution is -2.21. The molecular weight excluding hydrogens is 487 g/mol. The third-order valence-electron chi connectivity index (χ3n) is 6.26. The van der Waals surface area contributed by atoms with E-state index in [-0.39, 0.29) is 47.3 Å². The highest BCUT2D eigenvalue weighted by Gasteiger charge is 2.41. The van der Waals surface area contributed by atoms with Gasteiger partial charge in [0.25, 0.3) is 0 Å². The van der Waals surface area contributed by atoms with Crippen molar-refractivity contribution in [3.05, 3.63) is 28.8 Å². The molecule has 2 aliphatic heterocycles. The Morgan fingerprint density at radius 2 is 1.92 bits per heavy atom. The molecule has 3 aromatic rings. The fourth-order valence-electron chi connectivity index (χ4n) is 4.53. The summed E-state index contributed by atoms with van der Waals surface area (Å²) in [4.78, 5) is 12.6. The SMILES string of the molecule is CCOc1nc2c3c(nc(-c4cc(N)c(F)c(C)c4C(F)(F)F)c(F)c3n1)O[C@@H](C)CC1NC1CN2. The van der Waals surface area contributed by atoms with Crippen molar-refractivity contribution in [1.82, 2.24) is 20.3 Å². The van der Waals surface area contributed by atoms with E-state index in [1.165, 1.54) is 0 Å². The predicted molar refractivity (Wildman–Crippen MR) is 122 cm³/mol. The minimum absolute atomic E-state index is 0.0611. The molecule has 13 heteroatoms. The fraction of sp³-hybridized carbons (Fsp3) is 0.435. The molecule has 8 nitrogen and oxygen atoms in total. The van der Waals surface area contributed by atoms with Gasteiger partial charge < -0.3 is 25.8 Å². The quantitative estimate of drug-likeness (QED) is 0.273. The molecule has 2 aliphatic rings. The van der Waals surface area contributed by atoms with Gasteiger partial charge in [0.2, 0.25) is 5.88 Å². The molecule has 3 atom stereocenters. The Kier molecular flexibility index (Phi) is 5.77. The van der Waals surface area contributed by atoms with Gasteiger partial charge in [0.1, 0.15) is 28.2 Å². The normalized spacial score (nSPS) is 21.4. The van der Waals surface area contributed by atoms with Crippen LogP contribution >= 0.6 is 0 Å². The van der Waals surface area contributed by atoms with Gasteiger partial charge >= 0.3 is 12.2 Å². The number of aromatic nitrogens is 3. The van der Waals surface area contributed by atoms with E-state index in [2.05, 4.69) is 25.6 Å². The van der Waals surface area contributed by atoms with E-state index in [0.29, 0.717) is 13.0 Å². The molecule has 36 heavy (non-hydrogen) atoms. The predicted octanol–water partition coefficient (Wildman–Crippen LogP) is 4.20. The number of fused-ring (bicyclic) bond motifs is 1. The van der Waals surface area contributed by atoms with E-state index in [1.807, 2.05) is 0 Å². The van der Waals surface area contributed by atoms with Crippen molar-refractivity contribution in [1.29, 1.82) is 0 Å². The number of ether oxygens (including phenoxy) is 2. The number of hydrogen-bond donors (Lipinski definition) is 3. The molecular formula is C23H23F5N6O2. The summed E-state index contributed by atoms with van der Waals surface area (Å²) in [5.41, 5.74) is 1.11. The summed E-state index contributed by atoms with van der Waals surface area (Å²) in [7, 11) is 0. The van der Waals surface area contributed by atoms with Gasteiger partial charge in [0.05, 0.1) is 24.0 Å². The third kappa shape index (κ3) is 4.10. The van der Waals surface area contributed by atoms with Crippen molar-refractivity contribution < 1.29 is 31.4 Å². The lowest BCUT2D eigenvalue weighted by molar-refractivity contribution is -0.137. The van der Waals surface area contributed by atoms with Crippen LogP contribution in [0.4, 0.5) is 33.5 Å². The van der Waals surface area contributed by atoms with Crippen LogP contribution in [0.25, 0.3) is 22.2 Å². The molecule has 5 rings (SSSR count). The summed E-state index contributed by atoms with van der Waals surface area (Å²) in [5.74, 6) is -2.40. The number of benzene rings is 1. The summed E-state index contributed by atoms with van der Waals surface area (Å²) in [6, 6.07) is 0.857. The average Bonchev–Trinajstić information content (AvgIpc) is 3.54. The van der Waals surface area contributed by atoms with Crippen LogP contribution in [0.5, 0.6) is 11.9 Å². The molecule has 2 unspecified atom stereocenters. The lowest BCUT2D eigenvalue weighted by atomic mass is 9.96. The first-order valence-electron chi connectivity index (χ1n) is 11.4. The van der Waals surface area contributed by atoms with Crippen molar-refractivity contribution in [2.45, 2.75) is 51.6 Å². The van der Waals surface area contributed by atoms with Gasteiger partial charge in [-0.2, -0.15) is 23.1 Å². The number of nitrogens with zero attached hydrogens (tertiary/aromatic N) is 3. The van der Waals surface area contributed by atoms with Gasteiger partial charge in [-0.3, -0.25) is 0 Å². The van der Waals surface area contributed by atoms with E-state index in [0.717, 1.165) is 13.0 Å². The van der Waals surface area contributed by atoms with Crippen LogP contribution in [-0.2, 0) is 6.18 Å². The average molecular weight is 510 g/mol. The van der Waals surface area contributed by atoms with Gasteiger partial charge in [-0.1, -0.05) is 0 Å². The largest absolute Gasteiger partial charge is 0.474 e. The summed E-state index contributed by atoms with van der Waals surface area (Å²) in [6.45, 7) is 5.02. The molecule has 192 valence electrons. The van der Waals surface area contributed by atoms with Gasteiger partial charge in [-0.15, -0.1) is 0 Å². The van der Waals surface area contributed by atoms with Crippen LogP contribution in [0, 0.1) is 18.6 Å². The fourth-order valence-corrected chi connectivity index (χ4v) is 4.53. The number of alkyl halides is 3. The first-order chi connectivity index (χ1) is 17.0. The van der Waals surface area contributed by atoms with Crippen molar-refractivity contribution in [3.63, 3.8) is 0 Å². The maximum Gasteiger partial charge on any atom is 0.417 e. The Morgan fingerprint density at radius 3 is 2.61 bits per heavy atom. The number of halogens is 5. The number of nitrogen functional groups attached to an aromatic ring is 1. The van der Waals surface area contributed by atoms with E-state index in [9.17, 15) is 17.6 Å². The minimum Gasteiger partial charge on any atom is -0.474 e. The van der Waals surface area contributed by atoms with E-state index in [1.54, 1.807) is 13.8 Å². The molecule has 0 amide bonds. The maximum absolute atomic E-state index is 16.0. The maximum atomic E-state index is 16.0. The highest BCUT2D eigenvalue weighted by molar-refractivity contribution is 5.96. The number of anilines is 2. The van der Waals surface area contributed by atoms with Crippen molar-refractivity contribution in [2.75, 3.05) is 24.2 Å². The van der Waals surface area contributed by atoms with Crippen LogP contribution in [0.15, 0.2) is 6.07 Å². The van der Waals surface area contributed by atoms with Crippen LogP contribution in [0.1, 0.15) is 31.4 Å². The lowest BCUT2D eigenvalue weighted by Gasteiger charge is -2.22. The molecule has 0 radical (unpaired) electrons. The second-order valence-corrected chi connectivity index (χ2v) is 8.84. The van der Waals surface area contributed by atoms with Crippen LogP contribution in [0.3, 0.4) is 0 Å². The standard InChI is InChI=1S/C23H23F5N6O2/c1-4-35-22-33-19-14-20(34-22)30-7-13-12(31-13)5-8(2)36-21(14)32-18(17(19)25)10-6-11(29)16(24)9(3)15(10)23(26,27)28/h6,8,12-13,31H,4-5,7,29H2,1-3H3,(H,30,33,34)/t8-,12?,13?/m0/s1. The molecule has 1 aromatic carbocycles. The van der Waals surface area contributed by atoms with Gasteiger partial charge in [-0.25, -0.2) is 13.8 Å². The summed E-state index contributed by atoms with van der Waals surface area (Å²) in [5, 5.41) is 6.48. The third-order valence-corrected chi connectivity index (χ3v) is 6.26. The molecule has 2 aromatic heterocycles. The first kappa shape index (κ1) is 24.2. The van der Waals surface area contributed by atoms with Gasteiger partial charge in [-0.05, 0) is 32.4 Å². The smallest absolute Gasteiger partial charge is 0.417 e. The topological polar surface area (TPSA) is 117 Å². The zero-order valence-corrected chi connectivity index (χ0v) is 19.6. The van der Waals surface area contributed by atoms with Crippen molar-refractivity contribution in [3.8, 4) is 23.1 Å². The van der Waals surface area contributed by atoms with Gasteiger partial charge in [0.15, 0.2) is 5.82 Å². The van der Waals surface area contributed by atoms with Gasteiger partial charge in [0, 0.05) is 30.6 Å². The zero-order chi connectivity index (χ0) is 25.9. The van der Waals surface area contributed by atoms with E-state index < -0.39 is 52.0 Å². The molecule has 0 spiro atoms. The minimum atomic E-state index is -5.02. The second kappa shape index (κ2) is 8.57. The van der Waals surface area contributed by atoms with Crippen molar-refractivity contribution in [2.24, 2.45) is 0 Å². The summed E-state index contributed by atoms with van der Waals surface area (Å²) < 4.78 is 83.9. The molecule has 0 saturated carbocycles. The second-order valence-electron chi connectivity index (χ2n) is 8.84.